The number of hydrogen-bond acceptors (Lipinski definition) is 5. The van der Waals surface area contributed by atoms with E-state index in [0.717, 1.165) is 11.5 Å². The molecule has 2 atom stereocenters. The van der Waals surface area contributed by atoms with Crippen LogP contribution in [-0.4, -0.2) is 44.6 Å². The van der Waals surface area contributed by atoms with Crippen molar-refractivity contribution in [2.24, 2.45) is 11.8 Å². The third-order valence-electron chi connectivity index (χ3n) is 3.06. The van der Waals surface area contributed by atoms with Crippen LogP contribution < -0.4 is 0 Å². The van der Waals surface area contributed by atoms with Crippen molar-refractivity contribution >= 4 is 23.4 Å². The van der Waals surface area contributed by atoms with E-state index in [2.05, 4.69) is 9.59 Å². The zero-order valence-corrected chi connectivity index (χ0v) is 10.4. The first kappa shape index (κ1) is 12.0. The quantitative estimate of drug-likeness (QED) is 0.838. The van der Waals surface area contributed by atoms with Crippen molar-refractivity contribution in [1.29, 1.82) is 0 Å². The Morgan fingerprint density at radius 2 is 2.18 bits per heavy atom. The lowest BCUT2D eigenvalue weighted by molar-refractivity contribution is -0.142. The number of likely N-dealkylation sites (tertiary alicyclic amines) is 1. The summed E-state index contributed by atoms with van der Waals surface area (Å²) in [4.78, 5) is 25.2. The summed E-state index contributed by atoms with van der Waals surface area (Å²) in [6.45, 7) is 4.33. The summed E-state index contributed by atoms with van der Waals surface area (Å²) in [6.07, 6.45) is 0. The molecule has 2 heterocycles. The van der Waals surface area contributed by atoms with Gasteiger partial charge in [-0.05, 0) is 24.4 Å². The van der Waals surface area contributed by atoms with Gasteiger partial charge in [-0.25, -0.2) is 0 Å². The molecule has 92 valence electrons. The van der Waals surface area contributed by atoms with Crippen LogP contribution in [0.4, 0.5) is 0 Å². The summed E-state index contributed by atoms with van der Waals surface area (Å²) < 4.78 is 3.72. The van der Waals surface area contributed by atoms with Gasteiger partial charge in [0, 0.05) is 13.1 Å². The van der Waals surface area contributed by atoms with Gasteiger partial charge >= 0.3 is 5.97 Å². The fourth-order valence-electron chi connectivity index (χ4n) is 2.03. The first-order chi connectivity index (χ1) is 8.00. The van der Waals surface area contributed by atoms with Crippen molar-refractivity contribution in [3.63, 3.8) is 0 Å². The number of rotatable bonds is 2. The number of aliphatic carboxylic acids is 1. The predicted octanol–water partition coefficient (Wildman–Crippen LogP) is 0.639. The van der Waals surface area contributed by atoms with Gasteiger partial charge in [-0.1, -0.05) is 11.4 Å². The lowest BCUT2D eigenvalue weighted by Gasteiger charge is -2.14. The van der Waals surface area contributed by atoms with Gasteiger partial charge in [0.25, 0.3) is 5.91 Å². The van der Waals surface area contributed by atoms with Crippen LogP contribution in [0.25, 0.3) is 0 Å². The van der Waals surface area contributed by atoms with Crippen LogP contribution in [0.3, 0.4) is 0 Å². The van der Waals surface area contributed by atoms with Crippen LogP contribution in [0.2, 0.25) is 0 Å². The molecule has 0 spiro atoms. The van der Waals surface area contributed by atoms with Crippen LogP contribution >= 0.6 is 11.5 Å². The summed E-state index contributed by atoms with van der Waals surface area (Å²) in [7, 11) is 0. The average Bonchev–Trinajstić information content (AvgIpc) is 2.83. The van der Waals surface area contributed by atoms with E-state index in [-0.39, 0.29) is 18.4 Å². The maximum atomic E-state index is 12.1. The minimum Gasteiger partial charge on any atom is -0.481 e. The summed E-state index contributed by atoms with van der Waals surface area (Å²) in [5, 5.41) is 12.8. The molecule has 17 heavy (non-hydrogen) atoms. The Labute approximate surface area is 102 Å². The van der Waals surface area contributed by atoms with Gasteiger partial charge in [-0.15, -0.1) is 5.10 Å². The van der Waals surface area contributed by atoms with Crippen molar-refractivity contribution < 1.29 is 14.7 Å². The number of aryl methyl sites for hydroxylation is 1. The lowest BCUT2D eigenvalue weighted by atomic mass is 9.99. The Hall–Kier alpha value is -1.50. The monoisotopic (exact) mass is 255 g/mol. The Morgan fingerprint density at radius 3 is 2.65 bits per heavy atom. The molecule has 7 heteroatoms. The Balaban J connectivity index is 2.13. The fraction of sp³-hybridized carbons (Fsp3) is 0.600. The summed E-state index contributed by atoms with van der Waals surface area (Å²) >= 11 is 1.06. The zero-order chi connectivity index (χ0) is 12.6. The minimum absolute atomic E-state index is 0.0161. The highest BCUT2D eigenvalue weighted by atomic mass is 32.1. The Bertz CT molecular complexity index is 459. The topological polar surface area (TPSA) is 83.4 Å². The summed E-state index contributed by atoms with van der Waals surface area (Å²) in [6, 6.07) is 0. The van der Waals surface area contributed by atoms with E-state index in [1.807, 2.05) is 6.92 Å². The SMILES string of the molecule is Cc1nnsc1C(=O)N1C[C@@H](C)[C@H](C(=O)O)C1. The standard InChI is InChI=1S/C10H13N3O3S/c1-5-3-13(4-7(5)10(15)16)9(14)8-6(2)11-12-17-8/h5,7H,3-4H2,1-2H3,(H,15,16)/t5-,7-/m1/s1. The van der Waals surface area contributed by atoms with Gasteiger partial charge in [-0.3, -0.25) is 9.59 Å². The van der Waals surface area contributed by atoms with Gasteiger partial charge in [0.15, 0.2) is 0 Å². The fourth-order valence-corrected chi connectivity index (χ4v) is 2.65. The molecule has 1 aromatic rings. The molecule has 0 radical (unpaired) electrons. The van der Waals surface area contributed by atoms with Crippen LogP contribution in [0.1, 0.15) is 22.3 Å². The normalized spacial score (nSPS) is 24.0. The number of hydrogen-bond donors (Lipinski definition) is 1. The molecule has 6 nitrogen and oxygen atoms in total. The summed E-state index contributed by atoms with van der Waals surface area (Å²) in [5.74, 6) is -1.49. The highest BCUT2D eigenvalue weighted by Crippen LogP contribution is 2.25. The third kappa shape index (κ3) is 2.14. The first-order valence-corrected chi connectivity index (χ1v) is 6.09. The molecule has 0 unspecified atom stereocenters. The third-order valence-corrected chi connectivity index (χ3v) is 3.88. The number of carbonyl (C=O) groups is 2. The van der Waals surface area contributed by atoms with Crippen molar-refractivity contribution in [1.82, 2.24) is 14.5 Å². The smallest absolute Gasteiger partial charge is 0.308 e. The van der Waals surface area contributed by atoms with Crippen molar-refractivity contribution in [2.75, 3.05) is 13.1 Å². The van der Waals surface area contributed by atoms with Gasteiger partial charge in [0.1, 0.15) is 4.88 Å². The molecule has 0 aromatic carbocycles. The van der Waals surface area contributed by atoms with E-state index in [1.54, 1.807) is 11.8 Å². The molecule has 1 aliphatic heterocycles. The maximum Gasteiger partial charge on any atom is 0.308 e. The molecule has 0 aliphatic carbocycles. The Kier molecular flexibility index (Phi) is 3.10. The molecule has 0 saturated carbocycles. The molecule has 1 fully saturated rings. The van der Waals surface area contributed by atoms with E-state index in [1.165, 1.54) is 0 Å². The van der Waals surface area contributed by atoms with Crippen LogP contribution in [0.5, 0.6) is 0 Å². The van der Waals surface area contributed by atoms with Crippen LogP contribution in [-0.2, 0) is 4.79 Å². The second-order valence-electron chi connectivity index (χ2n) is 4.32. The zero-order valence-electron chi connectivity index (χ0n) is 9.58. The van der Waals surface area contributed by atoms with E-state index in [9.17, 15) is 9.59 Å². The minimum atomic E-state index is -0.841. The second kappa shape index (κ2) is 4.40. The van der Waals surface area contributed by atoms with Gasteiger partial charge in [0.05, 0.1) is 11.6 Å². The second-order valence-corrected chi connectivity index (χ2v) is 5.07. The highest BCUT2D eigenvalue weighted by molar-refractivity contribution is 7.07. The molecule has 0 bridgehead atoms. The lowest BCUT2D eigenvalue weighted by Crippen LogP contribution is -2.29. The van der Waals surface area contributed by atoms with Gasteiger partial charge in [-0.2, -0.15) is 0 Å². The van der Waals surface area contributed by atoms with E-state index >= 15 is 0 Å². The number of carbonyl (C=O) groups excluding carboxylic acids is 1. The molecule has 1 saturated heterocycles. The first-order valence-electron chi connectivity index (χ1n) is 5.31. The van der Waals surface area contributed by atoms with E-state index < -0.39 is 11.9 Å². The van der Waals surface area contributed by atoms with Crippen molar-refractivity contribution in [3.8, 4) is 0 Å². The van der Waals surface area contributed by atoms with Gasteiger partial charge in [0.2, 0.25) is 0 Å². The molecule has 1 N–H and O–H groups in total. The average molecular weight is 255 g/mol. The number of nitrogens with zero attached hydrogens (tertiary/aromatic N) is 3. The number of amides is 1. The molecule has 1 amide bonds. The van der Waals surface area contributed by atoms with E-state index in [4.69, 9.17) is 5.11 Å². The maximum absolute atomic E-state index is 12.1. The predicted molar refractivity (Wildman–Crippen MR) is 60.8 cm³/mol. The Morgan fingerprint density at radius 1 is 1.47 bits per heavy atom. The van der Waals surface area contributed by atoms with Crippen LogP contribution in [0, 0.1) is 18.8 Å². The molecule has 2 rings (SSSR count). The van der Waals surface area contributed by atoms with Crippen LogP contribution in [0.15, 0.2) is 0 Å². The van der Waals surface area contributed by atoms with E-state index in [0.29, 0.717) is 17.1 Å². The molecule has 1 aliphatic rings. The molecular weight excluding hydrogens is 242 g/mol. The number of aromatic nitrogens is 2. The largest absolute Gasteiger partial charge is 0.481 e. The molecule has 1 aromatic heterocycles. The number of carboxylic acid groups (broad SMARTS) is 1. The number of carboxylic acids is 1. The summed E-state index contributed by atoms with van der Waals surface area (Å²) in [5.41, 5.74) is 0.603. The van der Waals surface area contributed by atoms with Crippen molar-refractivity contribution in [2.45, 2.75) is 13.8 Å². The van der Waals surface area contributed by atoms with Gasteiger partial charge < -0.3 is 10.0 Å². The molecular formula is C10H13N3O3S. The highest BCUT2D eigenvalue weighted by Gasteiger charge is 2.38. The van der Waals surface area contributed by atoms with Crippen molar-refractivity contribution in [3.05, 3.63) is 10.6 Å².